The Kier molecular flexibility index (Phi) is 9.08. The van der Waals surface area contributed by atoms with Crippen molar-refractivity contribution in [3.05, 3.63) is 88.7 Å². The van der Waals surface area contributed by atoms with E-state index in [1.54, 1.807) is 24.3 Å². The zero-order chi connectivity index (χ0) is 25.5. The number of aryl methyl sites for hydroxylation is 1. The maximum atomic E-state index is 15.1. The molecule has 1 fully saturated rings. The first-order valence-electron chi connectivity index (χ1n) is 13.0. The second-order valence-corrected chi connectivity index (χ2v) is 9.74. The maximum Gasteiger partial charge on any atom is 0.166 e. The SMILES string of the molecule is CCCCCc1ccc(-c2ccc(C3CCC(OCc4ccc(OC)c(F)c4)CC3)c(F)c2F)cc1. The molecule has 36 heavy (non-hydrogen) atoms. The van der Waals surface area contributed by atoms with Crippen molar-refractivity contribution in [1.82, 2.24) is 0 Å². The summed E-state index contributed by atoms with van der Waals surface area (Å²) in [6.07, 6.45) is 7.50. The van der Waals surface area contributed by atoms with Crippen LogP contribution in [-0.4, -0.2) is 13.2 Å². The quantitative estimate of drug-likeness (QED) is 0.261. The predicted octanol–water partition coefficient (Wildman–Crippen LogP) is 8.76. The highest BCUT2D eigenvalue weighted by molar-refractivity contribution is 5.65. The van der Waals surface area contributed by atoms with Crippen LogP contribution >= 0.6 is 0 Å². The van der Waals surface area contributed by atoms with E-state index >= 15 is 8.78 Å². The summed E-state index contributed by atoms with van der Waals surface area (Å²) in [6, 6.07) is 16.0. The lowest BCUT2D eigenvalue weighted by molar-refractivity contribution is 0.0130. The Balaban J connectivity index is 1.34. The molecule has 0 saturated heterocycles. The molecule has 0 atom stereocenters. The smallest absolute Gasteiger partial charge is 0.166 e. The van der Waals surface area contributed by atoms with E-state index in [1.807, 2.05) is 24.3 Å². The van der Waals surface area contributed by atoms with E-state index in [2.05, 4.69) is 6.92 Å². The fraction of sp³-hybridized carbons (Fsp3) is 0.419. The molecular formula is C31H35F3O2. The van der Waals surface area contributed by atoms with Crippen LogP contribution in [0.2, 0.25) is 0 Å². The van der Waals surface area contributed by atoms with Gasteiger partial charge < -0.3 is 9.47 Å². The lowest BCUT2D eigenvalue weighted by atomic mass is 9.82. The summed E-state index contributed by atoms with van der Waals surface area (Å²) in [7, 11) is 1.43. The van der Waals surface area contributed by atoms with Crippen molar-refractivity contribution in [2.75, 3.05) is 7.11 Å². The number of methoxy groups -OCH3 is 1. The first kappa shape index (κ1) is 26.3. The lowest BCUT2D eigenvalue weighted by Gasteiger charge is -2.29. The molecule has 1 aliphatic rings. The van der Waals surface area contributed by atoms with Gasteiger partial charge in [0.1, 0.15) is 0 Å². The minimum absolute atomic E-state index is 0.0226. The third kappa shape index (κ3) is 6.31. The Morgan fingerprint density at radius 2 is 1.53 bits per heavy atom. The highest BCUT2D eigenvalue weighted by atomic mass is 19.2. The van der Waals surface area contributed by atoms with E-state index in [1.165, 1.54) is 31.6 Å². The van der Waals surface area contributed by atoms with Gasteiger partial charge in [-0.3, -0.25) is 0 Å². The van der Waals surface area contributed by atoms with Crippen LogP contribution in [0.15, 0.2) is 54.6 Å². The minimum atomic E-state index is -0.772. The van der Waals surface area contributed by atoms with Gasteiger partial charge in [0.15, 0.2) is 23.2 Å². The first-order valence-corrected chi connectivity index (χ1v) is 13.0. The average Bonchev–Trinajstić information content (AvgIpc) is 2.90. The average molecular weight is 497 g/mol. The van der Waals surface area contributed by atoms with Crippen molar-refractivity contribution >= 4 is 0 Å². The highest BCUT2D eigenvalue weighted by Gasteiger charge is 2.27. The van der Waals surface area contributed by atoms with Crippen molar-refractivity contribution in [2.45, 2.75) is 76.9 Å². The number of rotatable bonds is 10. The van der Waals surface area contributed by atoms with Crippen molar-refractivity contribution < 1.29 is 22.6 Å². The van der Waals surface area contributed by atoms with Crippen molar-refractivity contribution in [3.8, 4) is 16.9 Å². The van der Waals surface area contributed by atoms with Gasteiger partial charge in [0.25, 0.3) is 0 Å². The first-order chi connectivity index (χ1) is 17.5. The maximum absolute atomic E-state index is 15.1. The molecule has 5 heteroatoms. The molecule has 0 radical (unpaired) electrons. The Morgan fingerprint density at radius 3 is 2.19 bits per heavy atom. The fourth-order valence-electron chi connectivity index (χ4n) is 5.09. The Bertz CT molecular complexity index is 1140. The van der Waals surface area contributed by atoms with E-state index in [-0.39, 0.29) is 17.8 Å². The van der Waals surface area contributed by atoms with Crippen LogP contribution in [0.5, 0.6) is 5.75 Å². The molecule has 1 aliphatic carbocycles. The van der Waals surface area contributed by atoms with Gasteiger partial charge in [-0.15, -0.1) is 0 Å². The number of halogens is 3. The lowest BCUT2D eigenvalue weighted by Crippen LogP contribution is -2.21. The van der Waals surface area contributed by atoms with Gasteiger partial charge in [0.2, 0.25) is 0 Å². The van der Waals surface area contributed by atoms with Gasteiger partial charge in [-0.2, -0.15) is 0 Å². The largest absolute Gasteiger partial charge is 0.494 e. The van der Waals surface area contributed by atoms with Gasteiger partial charge in [-0.05, 0) is 78.8 Å². The van der Waals surface area contributed by atoms with E-state index in [0.717, 1.165) is 44.1 Å². The van der Waals surface area contributed by atoms with Gasteiger partial charge in [0.05, 0.1) is 19.8 Å². The van der Waals surface area contributed by atoms with Crippen molar-refractivity contribution in [3.63, 3.8) is 0 Å². The summed E-state index contributed by atoms with van der Waals surface area (Å²) >= 11 is 0. The Hall–Kier alpha value is -2.79. The number of ether oxygens (including phenoxy) is 2. The van der Waals surface area contributed by atoms with Crippen LogP contribution < -0.4 is 4.74 Å². The molecule has 192 valence electrons. The van der Waals surface area contributed by atoms with Gasteiger partial charge in [-0.25, -0.2) is 13.2 Å². The summed E-state index contributed by atoms with van der Waals surface area (Å²) < 4.78 is 55.0. The summed E-state index contributed by atoms with van der Waals surface area (Å²) in [6.45, 7) is 2.49. The molecule has 1 saturated carbocycles. The highest BCUT2D eigenvalue weighted by Crippen LogP contribution is 2.38. The zero-order valence-corrected chi connectivity index (χ0v) is 21.2. The third-order valence-corrected chi connectivity index (χ3v) is 7.26. The van der Waals surface area contributed by atoms with Gasteiger partial charge in [0, 0.05) is 5.56 Å². The van der Waals surface area contributed by atoms with Crippen LogP contribution in [-0.2, 0) is 17.8 Å². The summed E-state index contributed by atoms with van der Waals surface area (Å²) in [5.74, 6) is -1.75. The second-order valence-electron chi connectivity index (χ2n) is 9.74. The fourth-order valence-corrected chi connectivity index (χ4v) is 5.09. The van der Waals surface area contributed by atoms with E-state index < -0.39 is 17.5 Å². The molecule has 3 aromatic rings. The normalized spacial score (nSPS) is 17.8. The van der Waals surface area contributed by atoms with Crippen LogP contribution in [0.3, 0.4) is 0 Å². The second kappa shape index (κ2) is 12.4. The Labute approximate surface area is 212 Å². The molecule has 0 bridgehead atoms. The zero-order valence-electron chi connectivity index (χ0n) is 21.2. The Morgan fingerprint density at radius 1 is 0.806 bits per heavy atom. The van der Waals surface area contributed by atoms with E-state index in [0.29, 0.717) is 23.3 Å². The molecule has 0 aliphatic heterocycles. The van der Waals surface area contributed by atoms with Crippen LogP contribution in [0.4, 0.5) is 13.2 Å². The van der Waals surface area contributed by atoms with Crippen molar-refractivity contribution in [2.24, 2.45) is 0 Å². The van der Waals surface area contributed by atoms with Gasteiger partial charge >= 0.3 is 0 Å². The van der Waals surface area contributed by atoms with Gasteiger partial charge in [-0.1, -0.05) is 62.2 Å². The number of hydrogen-bond donors (Lipinski definition) is 0. The number of unbranched alkanes of at least 4 members (excludes halogenated alkanes) is 2. The molecule has 0 heterocycles. The molecule has 0 amide bonds. The summed E-state index contributed by atoms with van der Waals surface area (Å²) in [4.78, 5) is 0. The molecule has 2 nitrogen and oxygen atoms in total. The van der Waals surface area contributed by atoms with E-state index in [4.69, 9.17) is 9.47 Å². The number of hydrogen-bond acceptors (Lipinski definition) is 2. The minimum Gasteiger partial charge on any atom is -0.494 e. The summed E-state index contributed by atoms with van der Waals surface area (Å²) in [5, 5.41) is 0. The number of benzene rings is 3. The monoisotopic (exact) mass is 496 g/mol. The standard InChI is InChI=1S/C31H35F3O2/c1-3-4-5-6-21-7-10-23(11-8-21)26-16-17-27(31(34)30(26)33)24-12-14-25(15-13-24)36-20-22-9-18-29(35-2)28(32)19-22/h7-11,16-19,24-25H,3-6,12-15,20H2,1-2H3. The summed E-state index contributed by atoms with van der Waals surface area (Å²) in [5.41, 5.74) is 3.42. The molecule has 3 aromatic carbocycles. The molecule has 0 aromatic heterocycles. The van der Waals surface area contributed by atoms with E-state index in [9.17, 15) is 4.39 Å². The van der Waals surface area contributed by atoms with Crippen LogP contribution in [0.1, 0.15) is 74.5 Å². The molecule has 0 N–H and O–H groups in total. The molecule has 0 unspecified atom stereocenters. The van der Waals surface area contributed by atoms with Crippen LogP contribution in [0.25, 0.3) is 11.1 Å². The molecule has 4 rings (SSSR count). The molecular weight excluding hydrogens is 461 g/mol. The molecule has 0 spiro atoms. The van der Waals surface area contributed by atoms with Crippen LogP contribution in [0, 0.1) is 17.5 Å². The van der Waals surface area contributed by atoms with Crippen molar-refractivity contribution in [1.29, 1.82) is 0 Å². The third-order valence-electron chi connectivity index (χ3n) is 7.26. The topological polar surface area (TPSA) is 18.5 Å². The predicted molar refractivity (Wildman–Crippen MR) is 138 cm³/mol.